The Morgan fingerprint density at radius 2 is 1.59 bits per heavy atom. The van der Waals surface area contributed by atoms with E-state index in [4.69, 9.17) is 0 Å². The number of carbonyl (C=O) groups is 2. The van der Waals surface area contributed by atoms with Crippen molar-refractivity contribution in [3.63, 3.8) is 0 Å². The Morgan fingerprint density at radius 1 is 1.03 bits per heavy atom. The summed E-state index contributed by atoms with van der Waals surface area (Å²) in [5.74, 6) is -0.619. The van der Waals surface area contributed by atoms with E-state index < -0.39 is 21.1 Å². The van der Waals surface area contributed by atoms with E-state index in [2.05, 4.69) is 50.1 Å². The van der Waals surface area contributed by atoms with Crippen molar-refractivity contribution in [3.05, 3.63) is 77.9 Å². The minimum Gasteiger partial charge on any atom is -0.348 e. The van der Waals surface area contributed by atoms with Crippen molar-refractivity contribution >= 4 is 21.8 Å². The van der Waals surface area contributed by atoms with Crippen LogP contribution in [0.25, 0.3) is 0 Å². The van der Waals surface area contributed by atoms with Crippen LogP contribution in [0.5, 0.6) is 0 Å². The summed E-state index contributed by atoms with van der Waals surface area (Å²) < 4.78 is 29.0. The molecule has 0 radical (unpaired) electrons. The highest BCUT2D eigenvalue weighted by Crippen LogP contribution is 2.44. The predicted octanol–water partition coefficient (Wildman–Crippen LogP) is 4.54. The van der Waals surface area contributed by atoms with Gasteiger partial charge in [0, 0.05) is 23.7 Å². The highest BCUT2D eigenvalue weighted by Gasteiger charge is 2.57. The Kier molecular flexibility index (Phi) is 7.78. The lowest BCUT2D eigenvalue weighted by atomic mass is 9.87. The first-order chi connectivity index (χ1) is 17.0. The van der Waals surface area contributed by atoms with Crippen LogP contribution in [0.15, 0.2) is 66.1 Å². The number of carbonyl (C=O) groups excluding carboxylic acids is 2. The van der Waals surface area contributed by atoms with Gasteiger partial charge in [-0.2, -0.15) is 4.31 Å². The summed E-state index contributed by atoms with van der Waals surface area (Å²) in [5, 5.41) is 5.77. The predicted molar refractivity (Wildman–Crippen MR) is 147 cm³/mol. The molecule has 200 valence electrons. The molecule has 7 nitrogen and oxygen atoms in total. The molecule has 2 amide bonds. The summed E-state index contributed by atoms with van der Waals surface area (Å²) in [4.78, 5) is 24.8. The van der Waals surface area contributed by atoms with E-state index in [9.17, 15) is 18.0 Å². The van der Waals surface area contributed by atoms with Crippen LogP contribution < -0.4 is 10.6 Å². The van der Waals surface area contributed by atoms with Gasteiger partial charge in [-0.3, -0.25) is 9.59 Å². The second-order valence-electron chi connectivity index (χ2n) is 11.9. The van der Waals surface area contributed by atoms with Gasteiger partial charge in [-0.25, -0.2) is 8.42 Å². The molecule has 2 aromatic rings. The van der Waals surface area contributed by atoms with Gasteiger partial charge in [-0.15, -0.1) is 0 Å². The van der Waals surface area contributed by atoms with Gasteiger partial charge >= 0.3 is 0 Å². The molecular weight excluding hydrogens is 486 g/mol. The number of amides is 2. The number of hydrogen-bond acceptors (Lipinski definition) is 4. The average molecular weight is 526 g/mol. The summed E-state index contributed by atoms with van der Waals surface area (Å²) in [6.07, 6.45) is 1.64. The van der Waals surface area contributed by atoms with E-state index in [1.165, 1.54) is 40.2 Å². The first-order valence-corrected chi connectivity index (χ1v) is 13.9. The molecule has 37 heavy (non-hydrogen) atoms. The number of benzene rings is 2. The standard InChI is InChI=1S/C29H39N3O4S/c1-9-25(33)31-24-18-28(5,6)32(29(24,7)8)37(35,36)23-16-12-21(13-17-23)26(34)30-19-20-10-14-22(15-11-20)27(2,3)4/h9-17,24H,1,18-19H2,2-8H3,(H,30,34)(H,31,33). The maximum atomic E-state index is 13.7. The van der Waals surface area contributed by atoms with Gasteiger partial charge in [0.2, 0.25) is 15.9 Å². The molecule has 0 saturated carbocycles. The first-order valence-electron chi connectivity index (χ1n) is 12.5. The molecule has 0 spiro atoms. The fourth-order valence-corrected chi connectivity index (χ4v) is 7.30. The monoisotopic (exact) mass is 525 g/mol. The van der Waals surface area contributed by atoms with Gasteiger partial charge < -0.3 is 10.6 Å². The zero-order valence-electron chi connectivity index (χ0n) is 22.9. The van der Waals surface area contributed by atoms with Gasteiger partial charge in [0.25, 0.3) is 5.91 Å². The molecule has 3 rings (SSSR count). The molecule has 0 aliphatic carbocycles. The van der Waals surface area contributed by atoms with Crippen molar-refractivity contribution in [1.82, 2.24) is 14.9 Å². The Morgan fingerprint density at radius 3 is 2.11 bits per heavy atom. The molecule has 1 unspecified atom stereocenters. The van der Waals surface area contributed by atoms with Crippen molar-refractivity contribution in [2.75, 3.05) is 0 Å². The third kappa shape index (κ3) is 5.96. The number of hydrogen-bond donors (Lipinski definition) is 2. The summed E-state index contributed by atoms with van der Waals surface area (Å²) in [6, 6.07) is 13.7. The third-order valence-electron chi connectivity index (χ3n) is 7.06. The smallest absolute Gasteiger partial charge is 0.251 e. The molecule has 1 heterocycles. The SMILES string of the molecule is C=CC(=O)NC1CC(C)(C)N(S(=O)(=O)c2ccc(C(=O)NCc3ccc(C(C)(C)C)cc3)cc2)C1(C)C. The van der Waals surface area contributed by atoms with E-state index >= 15 is 0 Å². The fourth-order valence-electron chi connectivity index (χ4n) is 5.14. The lowest BCUT2D eigenvalue weighted by Gasteiger charge is -2.40. The Hall–Kier alpha value is -2.97. The van der Waals surface area contributed by atoms with Gasteiger partial charge in [0.1, 0.15) is 0 Å². The van der Waals surface area contributed by atoms with Gasteiger partial charge in [0.15, 0.2) is 0 Å². The van der Waals surface area contributed by atoms with E-state index in [-0.39, 0.29) is 28.2 Å². The van der Waals surface area contributed by atoms with Crippen LogP contribution in [0, 0.1) is 0 Å². The van der Waals surface area contributed by atoms with Crippen LogP contribution in [0.4, 0.5) is 0 Å². The summed E-state index contributed by atoms with van der Waals surface area (Å²) in [6.45, 7) is 17.6. The zero-order valence-corrected chi connectivity index (χ0v) is 23.7. The first kappa shape index (κ1) is 28.6. The van der Waals surface area contributed by atoms with Crippen molar-refractivity contribution in [2.45, 2.75) is 88.9 Å². The third-order valence-corrected chi connectivity index (χ3v) is 9.37. The second-order valence-corrected chi connectivity index (χ2v) is 13.6. The fraction of sp³-hybridized carbons (Fsp3) is 0.448. The summed E-state index contributed by atoms with van der Waals surface area (Å²) in [7, 11) is -3.92. The van der Waals surface area contributed by atoms with Crippen LogP contribution >= 0.6 is 0 Å². The van der Waals surface area contributed by atoms with E-state index in [0.29, 0.717) is 18.5 Å². The molecule has 2 N–H and O–H groups in total. The van der Waals surface area contributed by atoms with Gasteiger partial charge in [-0.05, 0) is 81.0 Å². The van der Waals surface area contributed by atoms with Crippen molar-refractivity contribution < 1.29 is 18.0 Å². The van der Waals surface area contributed by atoms with Crippen LogP contribution in [-0.2, 0) is 26.8 Å². The zero-order chi connectivity index (χ0) is 27.8. The van der Waals surface area contributed by atoms with Crippen molar-refractivity contribution in [3.8, 4) is 0 Å². The van der Waals surface area contributed by atoms with Crippen molar-refractivity contribution in [2.24, 2.45) is 0 Å². The number of nitrogens with zero attached hydrogens (tertiary/aromatic N) is 1. The van der Waals surface area contributed by atoms with Crippen molar-refractivity contribution in [1.29, 1.82) is 0 Å². The van der Waals surface area contributed by atoms with E-state index in [0.717, 1.165) is 5.56 Å². The molecule has 0 aromatic heterocycles. The highest BCUT2D eigenvalue weighted by atomic mass is 32.2. The lowest BCUT2D eigenvalue weighted by molar-refractivity contribution is -0.117. The normalized spacial score (nSPS) is 19.3. The minimum absolute atomic E-state index is 0.0593. The summed E-state index contributed by atoms with van der Waals surface area (Å²) >= 11 is 0. The largest absolute Gasteiger partial charge is 0.348 e. The van der Waals surface area contributed by atoms with Crippen LogP contribution in [0.1, 0.15) is 76.4 Å². The quantitative estimate of drug-likeness (QED) is 0.519. The maximum Gasteiger partial charge on any atom is 0.251 e. The molecule has 1 aliphatic heterocycles. The topological polar surface area (TPSA) is 95.6 Å². The number of nitrogens with one attached hydrogen (secondary N) is 2. The van der Waals surface area contributed by atoms with Crippen LogP contribution in [0.2, 0.25) is 0 Å². The van der Waals surface area contributed by atoms with Crippen LogP contribution in [0.3, 0.4) is 0 Å². The molecule has 8 heteroatoms. The van der Waals surface area contributed by atoms with E-state index in [1.807, 2.05) is 39.8 Å². The summed E-state index contributed by atoms with van der Waals surface area (Å²) in [5.41, 5.74) is 1.03. The molecule has 2 aromatic carbocycles. The van der Waals surface area contributed by atoms with Crippen LogP contribution in [-0.4, -0.2) is 41.7 Å². The van der Waals surface area contributed by atoms with Gasteiger partial charge in [-0.1, -0.05) is 51.6 Å². The minimum atomic E-state index is -3.92. The molecule has 1 atom stereocenters. The second kappa shape index (κ2) is 10.1. The molecule has 1 aliphatic rings. The van der Waals surface area contributed by atoms with E-state index in [1.54, 1.807) is 0 Å². The average Bonchev–Trinajstić information content (AvgIpc) is 3.00. The maximum absolute atomic E-state index is 13.7. The Balaban J connectivity index is 1.75. The lowest BCUT2D eigenvalue weighted by Crippen LogP contribution is -2.56. The molecule has 0 bridgehead atoms. The number of sulfonamides is 1. The molecule has 1 fully saturated rings. The number of rotatable bonds is 7. The molecular formula is C29H39N3O4S. The Labute approximate surface area is 221 Å². The highest BCUT2D eigenvalue weighted by molar-refractivity contribution is 7.89. The Bertz CT molecular complexity index is 1270. The molecule has 1 saturated heterocycles. The van der Waals surface area contributed by atoms with Gasteiger partial charge in [0.05, 0.1) is 10.4 Å².